The summed E-state index contributed by atoms with van der Waals surface area (Å²) in [6.07, 6.45) is 1.30. The fourth-order valence-corrected chi connectivity index (χ4v) is 1.97. The molecular formula is C18H17N3O4. The van der Waals surface area contributed by atoms with Crippen LogP contribution in [0.3, 0.4) is 0 Å². The van der Waals surface area contributed by atoms with Gasteiger partial charge in [0.1, 0.15) is 17.4 Å². The molecular weight excluding hydrogens is 322 g/mol. The van der Waals surface area contributed by atoms with Crippen molar-refractivity contribution < 1.29 is 19.4 Å². The van der Waals surface area contributed by atoms with Crippen LogP contribution in [0.1, 0.15) is 0 Å². The number of nitrogens with one attached hydrogen (secondary N) is 2. The Labute approximate surface area is 145 Å². The fourth-order valence-electron chi connectivity index (χ4n) is 1.97. The Morgan fingerprint density at radius 2 is 1.72 bits per heavy atom. The Hall–Kier alpha value is -3.66. The van der Waals surface area contributed by atoms with E-state index in [1.54, 1.807) is 18.2 Å². The molecule has 0 saturated carbocycles. The third-order valence-corrected chi connectivity index (χ3v) is 3.26. The number of methoxy groups -OCH3 is 2. The number of carbonyl (C=O) groups is 1. The van der Waals surface area contributed by atoms with E-state index in [0.29, 0.717) is 22.9 Å². The maximum atomic E-state index is 12.1. The highest BCUT2D eigenvalue weighted by Crippen LogP contribution is 2.29. The number of rotatable bonds is 6. The fraction of sp³-hybridized carbons (Fsp3) is 0.111. The van der Waals surface area contributed by atoms with Gasteiger partial charge in [-0.25, -0.2) is 0 Å². The van der Waals surface area contributed by atoms with Crippen molar-refractivity contribution in [1.29, 1.82) is 5.26 Å². The lowest BCUT2D eigenvalue weighted by Crippen LogP contribution is -2.14. The van der Waals surface area contributed by atoms with E-state index in [0.717, 1.165) is 0 Å². The Bertz CT molecular complexity index is 823. The van der Waals surface area contributed by atoms with Crippen molar-refractivity contribution in [1.82, 2.24) is 0 Å². The second kappa shape index (κ2) is 8.26. The topological polar surface area (TPSA) is 104 Å². The largest absolute Gasteiger partial charge is 0.508 e. The van der Waals surface area contributed by atoms with Crippen LogP contribution in [0.25, 0.3) is 0 Å². The van der Waals surface area contributed by atoms with E-state index in [1.807, 2.05) is 6.07 Å². The minimum absolute atomic E-state index is 0.0872. The number of nitriles is 1. The number of hydrogen-bond acceptors (Lipinski definition) is 6. The Kier molecular flexibility index (Phi) is 5.85. The average Bonchev–Trinajstić information content (AvgIpc) is 2.63. The van der Waals surface area contributed by atoms with Crippen LogP contribution in [0.2, 0.25) is 0 Å². The molecule has 2 aromatic rings. The predicted octanol–water partition coefficient (Wildman–Crippen LogP) is 2.87. The number of hydrogen-bond donors (Lipinski definition) is 3. The third kappa shape index (κ3) is 4.65. The van der Waals surface area contributed by atoms with Gasteiger partial charge in [-0.1, -0.05) is 0 Å². The molecule has 0 aliphatic heterocycles. The molecule has 25 heavy (non-hydrogen) atoms. The van der Waals surface area contributed by atoms with Crippen molar-refractivity contribution in [3.63, 3.8) is 0 Å². The summed E-state index contributed by atoms with van der Waals surface area (Å²) < 4.78 is 10.3. The summed E-state index contributed by atoms with van der Waals surface area (Å²) in [5.41, 5.74) is 0.987. The Morgan fingerprint density at radius 1 is 1.08 bits per heavy atom. The molecule has 0 aromatic heterocycles. The highest BCUT2D eigenvalue weighted by molar-refractivity contribution is 6.06. The van der Waals surface area contributed by atoms with Crippen LogP contribution < -0.4 is 20.1 Å². The van der Waals surface area contributed by atoms with Crippen molar-refractivity contribution >= 4 is 17.3 Å². The summed E-state index contributed by atoms with van der Waals surface area (Å²) in [7, 11) is 3.05. The van der Waals surface area contributed by atoms with Gasteiger partial charge in [-0.15, -0.1) is 0 Å². The van der Waals surface area contributed by atoms with Gasteiger partial charge in [-0.2, -0.15) is 5.26 Å². The van der Waals surface area contributed by atoms with Gasteiger partial charge >= 0.3 is 0 Å². The van der Waals surface area contributed by atoms with Gasteiger partial charge in [0.25, 0.3) is 5.91 Å². The van der Waals surface area contributed by atoms with Crippen molar-refractivity contribution in [3.8, 4) is 23.3 Å². The van der Waals surface area contributed by atoms with Gasteiger partial charge < -0.3 is 25.2 Å². The van der Waals surface area contributed by atoms with Crippen molar-refractivity contribution in [3.05, 3.63) is 54.2 Å². The summed E-state index contributed by atoms with van der Waals surface area (Å²) in [6.45, 7) is 0. The molecule has 128 valence electrons. The number of ether oxygens (including phenoxy) is 2. The number of aromatic hydroxyl groups is 1. The van der Waals surface area contributed by atoms with Crippen LogP contribution in [0, 0.1) is 11.3 Å². The zero-order chi connectivity index (χ0) is 18.2. The molecule has 0 aliphatic carbocycles. The van der Waals surface area contributed by atoms with Crippen molar-refractivity contribution in [2.45, 2.75) is 0 Å². The van der Waals surface area contributed by atoms with Gasteiger partial charge in [0, 0.05) is 23.6 Å². The minimum Gasteiger partial charge on any atom is -0.508 e. The van der Waals surface area contributed by atoms with Crippen LogP contribution in [-0.4, -0.2) is 25.2 Å². The van der Waals surface area contributed by atoms with Crippen molar-refractivity contribution in [2.24, 2.45) is 0 Å². The molecule has 1 amide bonds. The summed E-state index contributed by atoms with van der Waals surface area (Å²) in [5.74, 6) is 0.612. The average molecular weight is 339 g/mol. The van der Waals surface area contributed by atoms with Crippen molar-refractivity contribution in [2.75, 3.05) is 24.9 Å². The number of anilines is 2. The highest BCUT2D eigenvalue weighted by atomic mass is 16.5. The van der Waals surface area contributed by atoms with Crippen LogP contribution in [0.4, 0.5) is 11.4 Å². The molecule has 7 heteroatoms. The van der Waals surface area contributed by atoms with Gasteiger partial charge in [0.05, 0.1) is 14.2 Å². The summed E-state index contributed by atoms with van der Waals surface area (Å²) in [5, 5.41) is 23.9. The number of benzene rings is 2. The Morgan fingerprint density at radius 3 is 2.32 bits per heavy atom. The maximum Gasteiger partial charge on any atom is 0.267 e. The summed E-state index contributed by atoms with van der Waals surface area (Å²) in [4.78, 5) is 12.1. The molecule has 0 heterocycles. The smallest absolute Gasteiger partial charge is 0.267 e. The first-order valence-corrected chi connectivity index (χ1v) is 7.26. The molecule has 0 radical (unpaired) electrons. The number of amides is 1. The molecule has 2 aromatic carbocycles. The monoisotopic (exact) mass is 339 g/mol. The van der Waals surface area contributed by atoms with Crippen LogP contribution in [0.5, 0.6) is 17.2 Å². The van der Waals surface area contributed by atoms with Crippen LogP contribution >= 0.6 is 0 Å². The van der Waals surface area contributed by atoms with Gasteiger partial charge in [-0.3, -0.25) is 4.79 Å². The van der Waals surface area contributed by atoms with Gasteiger partial charge in [-0.05, 0) is 36.4 Å². The zero-order valence-electron chi connectivity index (χ0n) is 13.7. The second-order valence-corrected chi connectivity index (χ2v) is 4.88. The van der Waals surface area contributed by atoms with E-state index >= 15 is 0 Å². The number of carbonyl (C=O) groups excluding carboxylic acids is 1. The molecule has 0 bridgehead atoms. The molecule has 3 N–H and O–H groups in total. The first kappa shape index (κ1) is 17.7. The normalized spacial score (nSPS) is 10.5. The van der Waals surface area contributed by atoms with Gasteiger partial charge in [0.2, 0.25) is 0 Å². The Balaban J connectivity index is 2.10. The van der Waals surface area contributed by atoms with E-state index in [4.69, 9.17) is 9.47 Å². The number of nitrogens with zero attached hydrogens (tertiary/aromatic N) is 1. The third-order valence-electron chi connectivity index (χ3n) is 3.26. The molecule has 0 spiro atoms. The number of phenols is 1. The molecule has 2 rings (SSSR count). The molecule has 0 unspecified atom stereocenters. The minimum atomic E-state index is -0.568. The predicted molar refractivity (Wildman–Crippen MR) is 93.6 cm³/mol. The molecule has 0 saturated heterocycles. The van der Waals surface area contributed by atoms with Gasteiger partial charge in [0.15, 0.2) is 11.5 Å². The molecule has 0 atom stereocenters. The first-order chi connectivity index (χ1) is 12.1. The lowest BCUT2D eigenvalue weighted by molar-refractivity contribution is -0.112. The van der Waals surface area contributed by atoms with Crippen LogP contribution in [0.15, 0.2) is 54.2 Å². The quantitative estimate of drug-likeness (QED) is 0.425. The standard InChI is InChI=1S/C18H17N3O4/c1-24-16-8-5-14(9-17(16)25-2)20-11-12(10-19)18(23)21-13-3-6-15(22)7-4-13/h3-9,11,20,22H,1-2H3,(H,21,23)/b12-11-. The molecule has 0 aliphatic rings. The maximum absolute atomic E-state index is 12.1. The van der Waals surface area contributed by atoms with E-state index < -0.39 is 5.91 Å². The molecule has 0 fully saturated rings. The zero-order valence-corrected chi connectivity index (χ0v) is 13.7. The first-order valence-electron chi connectivity index (χ1n) is 7.26. The second-order valence-electron chi connectivity index (χ2n) is 4.88. The molecule has 7 nitrogen and oxygen atoms in total. The van der Waals surface area contributed by atoms with E-state index in [1.165, 1.54) is 44.7 Å². The van der Waals surface area contributed by atoms with E-state index in [9.17, 15) is 15.2 Å². The summed E-state index contributed by atoms with van der Waals surface area (Å²) >= 11 is 0. The SMILES string of the molecule is COc1ccc(N/C=C(/C#N)C(=O)Nc2ccc(O)cc2)cc1OC. The van der Waals surface area contributed by atoms with E-state index in [-0.39, 0.29) is 11.3 Å². The lowest BCUT2D eigenvalue weighted by Gasteiger charge is -2.09. The summed E-state index contributed by atoms with van der Waals surface area (Å²) in [6, 6.07) is 12.9. The lowest BCUT2D eigenvalue weighted by atomic mass is 10.2. The van der Waals surface area contributed by atoms with E-state index in [2.05, 4.69) is 10.6 Å². The number of phenolic OH excluding ortho intramolecular Hbond substituents is 1. The highest BCUT2D eigenvalue weighted by Gasteiger charge is 2.10. The van der Waals surface area contributed by atoms with Crippen LogP contribution in [-0.2, 0) is 4.79 Å².